The maximum absolute atomic E-state index is 11.7. The highest BCUT2D eigenvalue weighted by atomic mass is 32.1. The van der Waals surface area contributed by atoms with E-state index < -0.39 is 0 Å². The van der Waals surface area contributed by atoms with Crippen LogP contribution in [0.2, 0.25) is 0 Å². The molecule has 0 N–H and O–H groups in total. The Morgan fingerprint density at radius 1 is 1.38 bits per heavy atom. The van der Waals surface area contributed by atoms with Crippen LogP contribution in [0.4, 0.5) is 0 Å². The largest absolute Gasteiger partial charge is 0.299 e. The van der Waals surface area contributed by atoms with Gasteiger partial charge in [0.05, 0.1) is 11.6 Å². The molecule has 2 rings (SSSR count). The third-order valence-electron chi connectivity index (χ3n) is 2.62. The van der Waals surface area contributed by atoms with Crippen LogP contribution in [0.3, 0.4) is 0 Å². The van der Waals surface area contributed by atoms with Gasteiger partial charge in [-0.25, -0.2) is 0 Å². The van der Waals surface area contributed by atoms with Crippen molar-refractivity contribution in [1.82, 2.24) is 4.37 Å². The molecule has 1 saturated carbocycles. The van der Waals surface area contributed by atoms with Crippen molar-refractivity contribution in [2.24, 2.45) is 0 Å². The fourth-order valence-corrected chi connectivity index (χ4v) is 2.45. The van der Waals surface area contributed by atoms with Gasteiger partial charge >= 0.3 is 0 Å². The molecule has 0 aliphatic heterocycles. The van der Waals surface area contributed by atoms with Gasteiger partial charge in [0.25, 0.3) is 0 Å². The third-order valence-corrected chi connectivity index (χ3v) is 3.19. The minimum atomic E-state index is 0.105. The lowest BCUT2D eigenvalue weighted by atomic mass is 9.96. The van der Waals surface area contributed by atoms with Gasteiger partial charge in [-0.15, -0.1) is 0 Å². The van der Waals surface area contributed by atoms with Gasteiger partial charge in [-0.1, -0.05) is 12.8 Å². The predicted molar refractivity (Wildman–Crippen MR) is 52.9 cm³/mol. The van der Waals surface area contributed by atoms with E-state index in [4.69, 9.17) is 0 Å². The average Bonchev–Trinajstić information content (AvgIpc) is 2.56. The van der Waals surface area contributed by atoms with Crippen LogP contribution < -0.4 is 0 Å². The zero-order valence-electron chi connectivity index (χ0n) is 7.53. The molecule has 0 radical (unpaired) electrons. The minimum absolute atomic E-state index is 0.105. The molecule has 1 atom stereocenters. The van der Waals surface area contributed by atoms with Crippen LogP contribution in [0, 0.1) is 0 Å². The second-order valence-corrected chi connectivity index (χ2v) is 4.21. The highest BCUT2D eigenvalue weighted by Gasteiger charge is 2.23. The van der Waals surface area contributed by atoms with Crippen molar-refractivity contribution in [2.45, 2.75) is 38.0 Å². The van der Waals surface area contributed by atoms with E-state index in [9.17, 15) is 4.79 Å². The number of rotatable bonds is 1. The van der Waals surface area contributed by atoms with Gasteiger partial charge in [0.1, 0.15) is 5.78 Å². The van der Waals surface area contributed by atoms with Gasteiger partial charge in [0.2, 0.25) is 0 Å². The second kappa shape index (κ2) is 4.01. The Balaban J connectivity index is 2.16. The number of Topliss-reactive ketones (excluding diaryl/α,β-unsaturated/α-hetero) is 1. The predicted octanol–water partition coefficient (Wildman–Crippen LogP) is 2.76. The molecule has 3 heteroatoms. The number of carbonyl (C=O) groups excluding carboxylic acids is 1. The topological polar surface area (TPSA) is 30.0 Å². The first-order valence-corrected chi connectivity index (χ1v) is 5.64. The summed E-state index contributed by atoms with van der Waals surface area (Å²) in [6.45, 7) is 0. The first-order chi connectivity index (χ1) is 6.38. The number of hydrogen-bond acceptors (Lipinski definition) is 3. The lowest BCUT2D eigenvalue weighted by Crippen LogP contribution is -2.10. The molecule has 0 aromatic carbocycles. The smallest absolute Gasteiger partial charge is 0.141 e. The quantitative estimate of drug-likeness (QED) is 0.645. The molecule has 1 aromatic heterocycles. The summed E-state index contributed by atoms with van der Waals surface area (Å²) in [4.78, 5) is 11.7. The van der Waals surface area contributed by atoms with Crippen LogP contribution in [0.15, 0.2) is 11.4 Å². The van der Waals surface area contributed by atoms with E-state index in [1.807, 2.05) is 11.4 Å². The molecule has 0 bridgehead atoms. The van der Waals surface area contributed by atoms with Gasteiger partial charge < -0.3 is 0 Å². The van der Waals surface area contributed by atoms with E-state index in [1.165, 1.54) is 24.4 Å². The molecule has 0 saturated heterocycles. The molecule has 0 spiro atoms. The molecule has 70 valence electrons. The first kappa shape index (κ1) is 8.88. The van der Waals surface area contributed by atoms with E-state index in [0.717, 1.165) is 25.0 Å². The Labute approximate surface area is 82.1 Å². The average molecular weight is 195 g/mol. The maximum Gasteiger partial charge on any atom is 0.141 e. The molecule has 1 aromatic rings. The molecule has 1 heterocycles. The zero-order chi connectivity index (χ0) is 9.10. The molecular weight excluding hydrogens is 182 g/mol. The lowest BCUT2D eigenvalue weighted by Gasteiger charge is -2.08. The van der Waals surface area contributed by atoms with E-state index >= 15 is 0 Å². The normalized spacial score (nSPS) is 24.3. The Morgan fingerprint density at radius 3 is 3.08 bits per heavy atom. The van der Waals surface area contributed by atoms with Crippen molar-refractivity contribution in [2.75, 3.05) is 0 Å². The Morgan fingerprint density at radius 2 is 2.31 bits per heavy atom. The van der Waals surface area contributed by atoms with Crippen molar-refractivity contribution in [3.05, 3.63) is 17.1 Å². The van der Waals surface area contributed by atoms with Crippen molar-refractivity contribution >= 4 is 17.3 Å². The van der Waals surface area contributed by atoms with Gasteiger partial charge in [0, 0.05) is 11.8 Å². The Kier molecular flexibility index (Phi) is 2.74. The van der Waals surface area contributed by atoms with Crippen molar-refractivity contribution in [1.29, 1.82) is 0 Å². The SMILES string of the molecule is O=C1CCCCCC1c1ccsn1. The molecule has 13 heavy (non-hydrogen) atoms. The van der Waals surface area contributed by atoms with Crippen LogP contribution in [0.25, 0.3) is 0 Å². The van der Waals surface area contributed by atoms with Crippen LogP contribution in [0.1, 0.15) is 43.7 Å². The fourth-order valence-electron chi connectivity index (χ4n) is 1.87. The van der Waals surface area contributed by atoms with Gasteiger partial charge in [-0.3, -0.25) is 4.79 Å². The number of carbonyl (C=O) groups is 1. The standard InChI is InChI=1S/C10H13NOS/c12-10-5-3-1-2-4-8(10)9-6-7-13-11-9/h6-8H,1-5H2. The molecule has 1 unspecified atom stereocenters. The van der Waals surface area contributed by atoms with Crippen LogP contribution in [-0.2, 0) is 4.79 Å². The highest BCUT2D eigenvalue weighted by molar-refractivity contribution is 7.03. The second-order valence-electron chi connectivity index (χ2n) is 3.54. The summed E-state index contributed by atoms with van der Waals surface area (Å²) in [5.74, 6) is 0.497. The highest BCUT2D eigenvalue weighted by Crippen LogP contribution is 2.28. The molecule has 1 fully saturated rings. The molecular formula is C10H13NOS. The van der Waals surface area contributed by atoms with E-state index in [-0.39, 0.29) is 5.92 Å². The molecule has 1 aliphatic rings. The Bertz CT molecular complexity index is 281. The lowest BCUT2D eigenvalue weighted by molar-refractivity contribution is -0.120. The number of ketones is 1. The fraction of sp³-hybridized carbons (Fsp3) is 0.600. The monoisotopic (exact) mass is 195 g/mol. The van der Waals surface area contributed by atoms with Gasteiger partial charge in [-0.2, -0.15) is 4.37 Å². The molecule has 0 amide bonds. The summed E-state index contributed by atoms with van der Waals surface area (Å²) in [5.41, 5.74) is 0.997. The summed E-state index contributed by atoms with van der Waals surface area (Å²) in [6.07, 6.45) is 5.20. The van der Waals surface area contributed by atoms with Gasteiger partial charge in [-0.05, 0) is 30.4 Å². The van der Waals surface area contributed by atoms with Crippen LogP contribution in [0.5, 0.6) is 0 Å². The minimum Gasteiger partial charge on any atom is -0.299 e. The van der Waals surface area contributed by atoms with Crippen LogP contribution in [-0.4, -0.2) is 10.2 Å². The third kappa shape index (κ3) is 1.97. The maximum atomic E-state index is 11.7. The van der Waals surface area contributed by atoms with Crippen molar-refractivity contribution < 1.29 is 4.79 Å². The van der Waals surface area contributed by atoms with Crippen molar-refractivity contribution in [3.63, 3.8) is 0 Å². The summed E-state index contributed by atoms with van der Waals surface area (Å²) < 4.78 is 4.25. The Hall–Kier alpha value is -0.700. The molecule has 1 aliphatic carbocycles. The first-order valence-electron chi connectivity index (χ1n) is 4.81. The van der Waals surface area contributed by atoms with E-state index in [2.05, 4.69) is 4.37 Å². The van der Waals surface area contributed by atoms with Gasteiger partial charge in [0.15, 0.2) is 0 Å². The van der Waals surface area contributed by atoms with Crippen molar-refractivity contribution in [3.8, 4) is 0 Å². The summed E-state index contributed by atoms with van der Waals surface area (Å²) in [5, 5.41) is 1.95. The number of nitrogens with zero attached hydrogens (tertiary/aromatic N) is 1. The number of hydrogen-bond donors (Lipinski definition) is 0. The zero-order valence-corrected chi connectivity index (χ0v) is 8.35. The summed E-state index contributed by atoms with van der Waals surface area (Å²) >= 11 is 1.44. The van der Waals surface area contributed by atoms with Crippen LogP contribution >= 0.6 is 11.5 Å². The van der Waals surface area contributed by atoms with E-state index in [0.29, 0.717) is 5.78 Å². The molecule has 2 nitrogen and oxygen atoms in total. The number of aromatic nitrogens is 1. The summed E-state index contributed by atoms with van der Waals surface area (Å²) in [6, 6.07) is 1.98. The van der Waals surface area contributed by atoms with E-state index in [1.54, 1.807) is 0 Å². The summed E-state index contributed by atoms with van der Waals surface area (Å²) in [7, 11) is 0.